The first-order valence-corrected chi connectivity index (χ1v) is 10.9. The molecular weight excluding hydrogens is 384 g/mol. The van der Waals surface area contributed by atoms with Gasteiger partial charge in [0.05, 0.1) is 16.3 Å². The summed E-state index contributed by atoms with van der Waals surface area (Å²) in [5, 5.41) is 3.03. The van der Waals surface area contributed by atoms with Crippen molar-refractivity contribution in [1.29, 1.82) is 0 Å². The Labute approximate surface area is 168 Å². The molecule has 5 rings (SSSR count). The van der Waals surface area contributed by atoms with Crippen molar-refractivity contribution in [2.45, 2.75) is 11.8 Å². The summed E-state index contributed by atoms with van der Waals surface area (Å²) in [6, 6.07) is 21.6. The quantitative estimate of drug-likeness (QED) is 0.534. The van der Waals surface area contributed by atoms with E-state index in [0.717, 1.165) is 16.5 Å². The van der Waals surface area contributed by atoms with Crippen LogP contribution >= 0.6 is 0 Å². The van der Waals surface area contributed by atoms with Crippen LogP contribution in [-0.2, 0) is 10.0 Å². The highest BCUT2D eigenvalue weighted by atomic mass is 32.2. The zero-order valence-electron chi connectivity index (χ0n) is 15.7. The lowest BCUT2D eigenvalue weighted by atomic mass is 10.0. The highest BCUT2D eigenvalue weighted by Gasteiger charge is 2.30. The molecule has 0 saturated heterocycles. The number of sulfonamides is 1. The molecule has 29 heavy (non-hydrogen) atoms. The van der Waals surface area contributed by atoms with Crippen LogP contribution in [0.4, 0.5) is 11.4 Å². The first-order valence-electron chi connectivity index (χ1n) is 9.39. The van der Waals surface area contributed by atoms with E-state index in [-0.39, 0.29) is 10.8 Å². The number of carbonyl (C=O) groups is 1. The Balaban J connectivity index is 1.67. The molecule has 0 aromatic heterocycles. The summed E-state index contributed by atoms with van der Waals surface area (Å²) in [5.41, 5.74) is 1.88. The Bertz CT molecular complexity index is 1410. The summed E-state index contributed by atoms with van der Waals surface area (Å²) in [6.07, 6.45) is 0. The van der Waals surface area contributed by atoms with Crippen molar-refractivity contribution in [1.82, 2.24) is 0 Å². The Morgan fingerprint density at radius 3 is 2.41 bits per heavy atom. The molecule has 1 amide bonds. The molecular formula is C23H18N2O3S. The molecule has 144 valence electrons. The fourth-order valence-corrected chi connectivity index (χ4v) is 5.39. The van der Waals surface area contributed by atoms with Gasteiger partial charge in [0.1, 0.15) is 0 Å². The fraction of sp³-hybridized carbons (Fsp3) is 0.0870. The van der Waals surface area contributed by atoms with Crippen LogP contribution in [0.1, 0.15) is 17.3 Å². The monoisotopic (exact) mass is 402 g/mol. The van der Waals surface area contributed by atoms with Gasteiger partial charge in [0.15, 0.2) is 0 Å². The van der Waals surface area contributed by atoms with E-state index < -0.39 is 10.0 Å². The Hall–Kier alpha value is -3.38. The summed E-state index contributed by atoms with van der Waals surface area (Å²) >= 11 is 0. The number of fused-ring (bicyclic) bond motifs is 1. The first-order chi connectivity index (χ1) is 14.0. The third kappa shape index (κ3) is 2.60. The molecule has 4 aromatic carbocycles. The number of nitrogens with zero attached hydrogens (tertiary/aromatic N) is 1. The van der Waals surface area contributed by atoms with Crippen LogP contribution in [0.15, 0.2) is 77.7 Å². The van der Waals surface area contributed by atoms with Gasteiger partial charge in [0, 0.05) is 28.3 Å². The molecule has 0 fully saturated rings. The second-order valence-corrected chi connectivity index (χ2v) is 8.64. The van der Waals surface area contributed by atoms with Gasteiger partial charge in [-0.15, -0.1) is 0 Å². The number of anilines is 2. The van der Waals surface area contributed by atoms with Crippen LogP contribution in [0.3, 0.4) is 0 Å². The average Bonchev–Trinajstić information content (AvgIpc) is 3.02. The Morgan fingerprint density at radius 2 is 1.59 bits per heavy atom. The van der Waals surface area contributed by atoms with E-state index in [0.29, 0.717) is 28.6 Å². The lowest BCUT2D eigenvalue weighted by molar-refractivity contribution is 0.0994. The van der Waals surface area contributed by atoms with E-state index in [4.69, 9.17) is 0 Å². The topological polar surface area (TPSA) is 66.5 Å². The molecule has 0 aliphatic carbocycles. The summed E-state index contributed by atoms with van der Waals surface area (Å²) < 4.78 is 29.2. The van der Waals surface area contributed by atoms with Crippen molar-refractivity contribution in [2.75, 3.05) is 16.2 Å². The molecule has 5 nitrogen and oxygen atoms in total. The van der Waals surface area contributed by atoms with E-state index in [9.17, 15) is 13.2 Å². The van der Waals surface area contributed by atoms with Crippen molar-refractivity contribution in [3.05, 3.63) is 78.4 Å². The predicted octanol–water partition coefficient (Wildman–Crippen LogP) is 4.77. The van der Waals surface area contributed by atoms with Gasteiger partial charge in [-0.05, 0) is 36.6 Å². The molecule has 4 aromatic rings. The Morgan fingerprint density at radius 1 is 0.862 bits per heavy atom. The minimum absolute atomic E-state index is 0.0536. The minimum Gasteiger partial charge on any atom is -0.308 e. The van der Waals surface area contributed by atoms with E-state index >= 15 is 0 Å². The average molecular weight is 402 g/mol. The molecule has 1 aliphatic heterocycles. The van der Waals surface area contributed by atoms with Crippen molar-refractivity contribution < 1.29 is 13.2 Å². The van der Waals surface area contributed by atoms with Gasteiger partial charge in [-0.3, -0.25) is 9.52 Å². The van der Waals surface area contributed by atoms with Crippen molar-refractivity contribution >= 4 is 48.9 Å². The van der Waals surface area contributed by atoms with Gasteiger partial charge in [-0.25, -0.2) is 8.42 Å². The molecule has 0 unspecified atom stereocenters. The summed E-state index contributed by atoms with van der Waals surface area (Å²) in [7, 11) is -3.82. The van der Waals surface area contributed by atoms with Gasteiger partial charge in [-0.2, -0.15) is 0 Å². The molecule has 0 saturated carbocycles. The van der Waals surface area contributed by atoms with Crippen LogP contribution in [0, 0.1) is 0 Å². The predicted molar refractivity (Wildman–Crippen MR) is 116 cm³/mol. The fourth-order valence-electron chi connectivity index (χ4n) is 4.08. The number of nitrogens with one attached hydrogen (secondary N) is 1. The zero-order chi connectivity index (χ0) is 20.2. The van der Waals surface area contributed by atoms with Crippen molar-refractivity contribution in [3.8, 4) is 0 Å². The maximum Gasteiger partial charge on any atom is 0.262 e. The van der Waals surface area contributed by atoms with Gasteiger partial charge < -0.3 is 4.90 Å². The van der Waals surface area contributed by atoms with Crippen LogP contribution in [0.2, 0.25) is 0 Å². The van der Waals surface area contributed by atoms with E-state index in [1.807, 2.05) is 37.3 Å². The smallest absolute Gasteiger partial charge is 0.262 e. The summed E-state index contributed by atoms with van der Waals surface area (Å²) in [6.45, 7) is 2.48. The highest BCUT2D eigenvalue weighted by Crippen LogP contribution is 2.41. The van der Waals surface area contributed by atoms with Crippen LogP contribution in [0.25, 0.3) is 21.5 Å². The third-order valence-electron chi connectivity index (χ3n) is 5.38. The highest BCUT2D eigenvalue weighted by molar-refractivity contribution is 7.93. The maximum absolute atomic E-state index is 13.2. The van der Waals surface area contributed by atoms with Crippen LogP contribution in [-0.4, -0.2) is 20.9 Å². The number of amides is 1. The number of hydrogen-bond donors (Lipinski definition) is 1. The molecule has 1 heterocycles. The molecule has 6 heteroatoms. The standard InChI is InChI=1S/C23H18N2O3S/c1-2-25-20-14-13-19(17-10-6-11-18(22(17)20)23(25)26)24-29(27,28)21-12-5-8-15-7-3-4-9-16(15)21/h3-14,24H,2H2,1H3. The van der Waals surface area contributed by atoms with Crippen molar-refractivity contribution in [3.63, 3.8) is 0 Å². The van der Waals surface area contributed by atoms with Gasteiger partial charge in [-0.1, -0.05) is 48.5 Å². The number of carbonyl (C=O) groups excluding carboxylic acids is 1. The minimum atomic E-state index is -3.82. The first kappa shape index (κ1) is 17.7. The summed E-state index contributed by atoms with van der Waals surface area (Å²) in [4.78, 5) is 14.6. The van der Waals surface area contributed by atoms with Gasteiger partial charge >= 0.3 is 0 Å². The lowest BCUT2D eigenvalue weighted by Gasteiger charge is -2.16. The zero-order valence-corrected chi connectivity index (χ0v) is 16.5. The van der Waals surface area contributed by atoms with E-state index in [1.54, 1.807) is 47.4 Å². The maximum atomic E-state index is 13.2. The molecule has 0 atom stereocenters. The molecule has 0 bridgehead atoms. The Kier molecular flexibility index (Phi) is 3.86. The molecule has 1 N–H and O–H groups in total. The number of hydrogen-bond acceptors (Lipinski definition) is 3. The van der Waals surface area contributed by atoms with E-state index in [1.165, 1.54) is 0 Å². The van der Waals surface area contributed by atoms with Crippen molar-refractivity contribution in [2.24, 2.45) is 0 Å². The van der Waals surface area contributed by atoms with Crippen LogP contribution < -0.4 is 9.62 Å². The van der Waals surface area contributed by atoms with Gasteiger partial charge in [0.2, 0.25) is 0 Å². The molecule has 0 spiro atoms. The lowest BCUT2D eigenvalue weighted by Crippen LogP contribution is -2.25. The second-order valence-electron chi connectivity index (χ2n) is 6.99. The summed E-state index contributed by atoms with van der Waals surface area (Å²) in [5.74, 6) is -0.0536. The number of rotatable bonds is 4. The van der Waals surface area contributed by atoms with Crippen LogP contribution in [0.5, 0.6) is 0 Å². The largest absolute Gasteiger partial charge is 0.308 e. The van der Waals surface area contributed by atoms with E-state index in [2.05, 4.69) is 4.72 Å². The number of benzene rings is 4. The molecule has 1 aliphatic rings. The normalized spacial score (nSPS) is 13.4. The van der Waals surface area contributed by atoms with Gasteiger partial charge in [0.25, 0.3) is 15.9 Å². The molecule has 0 radical (unpaired) electrons. The SMILES string of the molecule is CCN1C(=O)c2cccc3c(NS(=O)(=O)c4cccc5ccccc45)ccc1c23. The third-order valence-corrected chi connectivity index (χ3v) is 6.81. The second kappa shape index (κ2) is 6.32.